The molecule has 1 aliphatic rings. The number of anilines is 1. The van der Waals surface area contributed by atoms with Gasteiger partial charge in [0.05, 0.1) is 22.7 Å². The molecule has 1 heterocycles. The minimum absolute atomic E-state index is 0.000798. The van der Waals surface area contributed by atoms with Gasteiger partial charge in [-0.2, -0.15) is 0 Å². The van der Waals surface area contributed by atoms with E-state index in [2.05, 4.69) is 10.6 Å². The molecule has 4 rings (SSSR count). The van der Waals surface area contributed by atoms with E-state index < -0.39 is 10.0 Å². The van der Waals surface area contributed by atoms with Crippen molar-refractivity contribution >= 4 is 21.6 Å². The molecule has 34 heavy (non-hydrogen) atoms. The molecule has 7 nitrogen and oxygen atoms in total. The third-order valence-electron chi connectivity index (χ3n) is 5.29. The van der Waals surface area contributed by atoms with Crippen molar-refractivity contribution in [2.24, 2.45) is 0 Å². The maximum atomic E-state index is 13.4. The molecule has 3 aromatic carbocycles. The van der Waals surface area contributed by atoms with Gasteiger partial charge in [0, 0.05) is 12.6 Å². The number of amides is 1. The lowest BCUT2D eigenvalue weighted by molar-refractivity contribution is 0.0767. The number of carbonyl (C=O) groups excluding carboxylic acids is 1. The highest BCUT2D eigenvalue weighted by atomic mass is 32.2. The van der Waals surface area contributed by atoms with Gasteiger partial charge in [0.1, 0.15) is 13.2 Å². The number of hydrogen-bond donors (Lipinski definition) is 1. The van der Waals surface area contributed by atoms with Crippen LogP contribution in [0.3, 0.4) is 0 Å². The van der Waals surface area contributed by atoms with Gasteiger partial charge in [0.25, 0.3) is 15.9 Å². The minimum atomic E-state index is -4.00. The molecule has 3 aromatic rings. The van der Waals surface area contributed by atoms with Gasteiger partial charge >= 0.3 is 0 Å². The van der Waals surface area contributed by atoms with Gasteiger partial charge in [-0.25, -0.2) is 8.42 Å². The molecule has 0 saturated carbocycles. The summed E-state index contributed by atoms with van der Waals surface area (Å²) < 4.78 is 39.7. The first-order chi connectivity index (χ1) is 16.4. The standard InChI is InChI=1S/C26H24N2O5S/c1-3-14-28(18-20-10-8-19(2)9-11-20)26(29)22-6-4-5-7-23(22)27-34(30,31)21-12-13-24-25(17-21)33-16-15-32-24/h1,4-13,17,27H,14-16,18H2,2H3. The van der Waals surface area contributed by atoms with Crippen molar-refractivity contribution in [3.63, 3.8) is 0 Å². The zero-order valence-corrected chi connectivity index (χ0v) is 19.5. The van der Waals surface area contributed by atoms with E-state index in [0.29, 0.717) is 31.3 Å². The summed E-state index contributed by atoms with van der Waals surface area (Å²) in [5.74, 6) is 2.98. The molecule has 0 spiro atoms. The lowest BCUT2D eigenvalue weighted by Gasteiger charge is -2.22. The fraction of sp³-hybridized carbons (Fsp3) is 0.192. The third-order valence-corrected chi connectivity index (χ3v) is 6.65. The first kappa shape index (κ1) is 23.2. The summed E-state index contributed by atoms with van der Waals surface area (Å²) >= 11 is 0. The van der Waals surface area contributed by atoms with Crippen LogP contribution in [0.25, 0.3) is 0 Å². The fourth-order valence-corrected chi connectivity index (χ4v) is 4.64. The largest absolute Gasteiger partial charge is 0.486 e. The predicted octanol–water partition coefficient (Wildman–Crippen LogP) is 3.84. The van der Waals surface area contributed by atoms with Gasteiger partial charge in [0.2, 0.25) is 0 Å². The average molecular weight is 477 g/mol. The molecule has 174 valence electrons. The van der Waals surface area contributed by atoms with Gasteiger partial charge in [-0.15, -0.1) is 6.42 Å². The Morgan fingerprint density at radius 2 is 1.74 bits per heavy atom. The second-order valence-corrected chi connectivity index (χ2v) is 9.49. The van der Waals surface area contributed by atoms with Crippen LogP contribution in [0.5, 0.6) is 11.5 Å². The van der Waals surface area contributed by atoms with Crippen molar-refractivity contribution in [2.45, 2.75) is 18.4 Å². The monoisotopic (exact) mass is 476 g/mol. The molecular formula is C26H24N2O5S. The second kappa shape index (κ2) is 9.89. The number of rotatable bonds is 7. The number of terminal acetylenes is 1. The van der Waals surface area contributed by atoms with E-state index in [4.69, 9.17) is 15.9 Å². The highest BCUT2D eigenvalue weighted by Crippen LogP contribution is 2.33. The molecule has 1 aliphatic heterocycles. The topological polar surface area (TPSA) is 84.9 Å². The van der Waals surface area contributed by atoms with Gasteiger partial charge in [0.15, 0.2) is 11.5 Å². The minimum Gasteiger partial charge on any atom is -0.486 e. The van der Waals surface area contributed by atoms with Crippen molar-refractivity contribution < 1.29 is 22.7 Å². The number of nitrogens with zero attached hydrogens (tertiary/aromatic N) is 1. The van der Waals surface area contributed by atoms with E-state index in [1.54, 1.807) is 30.3 Å². The normalized spacial score (nSPS) is 12.5. The maximum Gasteiger partial charge on any atom is 0.262 e. The van der Waals surface area contributed by atoms with Gasteiger partial charge in [-0.1, -0.05) is 47.9 Å². The molecule has 1 amide bonds. The van der Waals surface area contributed by atoms with E-state index in [-0.39, 0.29) is 28.6 Å². The number of hydrogen-bond acceptors (Lipinski definition) is 5. The summed E-state index contributed by atoms with van der Waals surface area (Å²) in [6.07, 6.45) is 5.52. The van der Waals surface area contributed by atoms with E-state index in [1.807, 2.05) is 31.2 Å². The van der Waals surface area contributed by atoms with Gasteiger partial charge in [-0.3, -0.25) is 9.52 Å². The highest BCUT2D eigenvalue weighted by Gasteiger charge is 2.24. The summed E-state index contributed by atoms with van der Waals surface area (Å²) in [5, 5.41) is 0. The lowest BCUT2D eigenvalue weighted by atomic mass is 10.1. The van der Waals surface area contributed by atoms with E-state index in [1.165, 1.54) is 17.0 Å². The fourth-order valence-electron chi connectivity index (χ4n) is 3.55. The number of nitrogens with one attached hydrogen (secondary N) is 1. The van der Waals surface area contributed by atoms with Crippen LogP contribution in [0.2, 0.25) is 0 Å². The molecule has 0 saturated heterocycles. The van der Waals surface area contributed by atoms with Crippen molar-refractivity contribution in [1.82, 2.24) is 4.90 Å². The summed E-state index contributed by atoms with van der Waals surface area (Å²) in [6.45, 7) is 3.11. The number of para-hydroxylation sites is 1. The molecular weight excluding hydrogens is 452 g/mol. The first-order valence-corrected chi connectivity index (χ1v) is 12.2. The molecule has 0 unspecified atom stereocenters. The Balaban J connectivity index is 1.60. The van der Waals surface area contributed by atoms with E-state index >= 15 is 0 Å². The Kier molecular flexibility index (Phi) is 6.75. The molecule has 0 bridgehead atoms. The Labute approximate surface area is 199 Å². The zero-order chi connectivity index (χ0) is 24.1. The van der Waals surface area contributed by atoms with E-state index in [9.17, 15) is 13.2 Å². The SMILES string of the molecule is C#CCN(Cc1ccc(C)cc1)C(=O)c1ccccc1NS(=O)(=O)c1ccc2c(c1)OCCO2. The van der Waals surface area contributed by atoms with Crippen LogP contribution in [-0.4, -0.2) is 39.0 Å². The Bertz CT molecular complexity index is 1340. The molecule has 0 aromatic heterocycles. The van der Waals surface area contributed by atoms with Crippen molar-refractivity contribution in [3.8, 4) is 23.8 Å². The van der Waals surface area contributed by atoms with E-state index in [0.717, 1.165) is 11.1 Å². The number of benzene rings is 3. The van der Waals surface area contributed by atoms with Crippen LogP contribution < -0.4 is 14.2 Å². The van der Waals surface area contributed by atoms with Crippen LogP contribution in [0.4, 0.5) is 5.69 Å². The maximum absolute atomic E-state index is 13.4. The molecule has 0 atom stereocenters. The Hall–Kier alpha value is -3.96. The van der Waals surface area contributed by atoms with Crippen LogP contribution >= 0.6 is 0 Å². The molecule has 0 radical (unpaired) electrons. The molecule has 0 aliphatic carbocycles. The number of carbonyl (C=O) groups is 1. The second-order valence-electron chi connectivity index (χ2n) is 7.81. The summed E-state index contributed by atoms with van der Waals surface area (Å²) in [6, 6.07) is 18.6. The summed E-state index contributed by atoms with van der Waals surface area (Å²) in [4.78, 5) is 14.9. The number of aryl methyl sites for hydroxylation is 1. The number of ether oxygens (including phenoxy) is 2. The van der Waals surface area contributed by atoms with Crippen molar-refractivity contribution in [2.75, 3.05) is 24.5 Å². The molecule has 1 N–H and O–H groups in total. The zero-order valence-electron chi connectivity index (χ0n) is 18.7. The smallest absolute Gasteiger partial charge is 0.262 e. The summed E-state index contributed by atoms with van der Waals surface area (Å²) in [7, 11) is -4.00. The van der Waals surface area contributed by atoms with Crippen molar-refractivity contribution in [1.29, 1.82) is 0 Å². The molecule has 8 heteroatoms. The van der Waals surface area contributed by atoms with Crippen LogP contribution in [-0.2, 0) is 16.6 Å². The quantitative estimate of drug-likeness (QED) is 0.524. The number of sulfonamides is 1. The average Bonchev–Trinajstić information content (AvgIpc) is 2.84. The Morgan fingerprint density at radius 3 is 2.47 bits per heavy atom. The van der Waals surface area contributed by atoms with Gasteiger partial charge in [-0.05, 0) is 36.8 Å². The third kappa shape index (κ3) is 5.16. The van der Waals surface area contributed by atoms with Crippen LogP contribution in [0.15, 0.2) is 71.6 Å². The Morgan fingerprint density at radius 1 is 1.03 bits per heavy atom. The lowest BCUT2D eigenvalue weighted by Crippen LogP contribution is -2.31. The summed E-state index contributed by atoms with van der Waals surface area (Å²) in [5.41, 5.74) is 2.39. The number of fused-ring (bicyclic) bond motifs is 1. The van der Waals surface area contributed by atoms with Gasteiger partial charge < -0.3 is 14.4 Å². The highest BCUT2D eigenvalue weighted by molar-refractivity contribution is 7.92. The van der Waals surface area contributed by atoms with Crippen molar-refractivity contribution in [3.05, 3.63) is 83.4 Å². The first-order valence-electron chi connectivity index (χ1n) is 10.7. The predicted molar refractivity (Wildman–Crippen MR) is 129 cm³/mol. The molecule has 0 fully saturated rings. The van der Waals surface area contributed by atoms with Crippen LogP contribution in [0.1, 0.15) is 21.5 Å². The van der Waals surface area contributed by atoms with Crippen LogP contribution in [0, 0.1) is 19.3 Å².